The number of amides is 1. The highest BCUT2D eigenvalue weighted by atomic mass is 16.5. The molecule has 0 aliphatic carbocycles. The van der Waals surface area contributed by atoms with Crippen molar-refractivity contribution in [3.63, 3.8) is 0 Å². The average Bonchev–Trinajstić information content (AvgIpc) is 2.48. The summed E-state index contributed by atoms with van der Waals surface area (Å²) < 4.78 is 10.3. The number of anilines is 2. The summed E-state index contributed by atoms with van der Waals surface area (Å²) in [5, 5.41) is 2.63. The zero-order valence-corrected chi connectivity index (χ0v) is 11.1. The normalized spacial score (nSPS) is 9.90. The van der Waals surface area contributed by atoms with E-state index in [1.807, 2.05) is 0 Å². The molecule has 0 spiro atoms. The Balaban J connectivity index is 2.24. The van der Waals surface area contributed by atoms with Crippen molar-refractivity contribution in [3.8, 4) is 11.5 Å². The fraction of sp³-hybridized carbons (Fsp3) is 0.154. The summed E-state index contributed by atoms with van der Waals surface area (Å²) in [6, 6.07) is 4.85. The molecule has 1 amide bonds. The molecule has 0 atom stereocenters. The Morgan fingerprint density at radius 2 is 2.00 bits per heavy atom. The Labute approximate surface area is 115 Å². The van der Waals surface area contributed by atoms with Gasteiger partial charge in [-0.05, 0) is 18.2 Å². The molecule has 20 heavy (non-hydrogen) atoms. The molecule has 7 nitrogen and oxygen atoms in total. The standard InChI is InChI=1S/C13H14N4O3/c1-19-10-4-3-8(5-11(10)20-2)13(18)17-9-6-15-7-16-12(9)14/h3-7H,1-2H3,(H,17,18)(H2,14,15,16). The van der Waals surface area contributed by atoms with Gasteiger partial charge < -0.3 is 20.5 Å². The van der Waals surface area contributed by atoms with E-state index in [0.29, 0.717) is 22.7 Å². The Morgan fingerprint density at radius 3 is 2.65 bits per heavy atom. The Kier molecular flexibility index (Phi) is 3.99. The molecular formula is C13H14N4O3. The van der Waals surface area contributed by atoms with Crippen LogP contribution in [-0.2, 0) is 0 Å². The second kappa shape index (κ2) is 5.87. The smallest absolute Gasteiger partial charge is 0.255 e. The number of carbonyl (C=O) groups is 1. The van der Waals surface area contributed by atoms with Crippen LogP contribution in [-0.4, -0.2) is 30.1 Å². The van der Waals surface area contributed by atoms with Gasteiger partial charge in [0.15, 0.2) is 17.3 Å². The second-order valence-electron chi connectivity index (χ2n) is 3.85. The molecule has 7 heteroatoms. The summed E-state index contributed by atoms with van der Waals surface area (Å²) in [7, 11) is 3.03. The molecule has 0 fully saturated rings. The molecule has 0 aliphatic rings. The van der Waals surface area contributed by atoms with E-state index in [9.17, 15) is 4.79 Å². The van der Waals surface area contributed by atoms with Gasteiger partial charge in [0.1, 0.15) is 12.0 Å². The van der Waals surface area contributed by atoms with Gasteiger partial charge in [-0.1, -0.05) is 0 Å². The topological polar surface area (TPSA) is 99.4 Å². The van der Waals surface area contributed by atoms with E-state index >= 15 is 0 Å². The van der Waals surface area contributed by atoms with Crippen LogP contribution in [0.2, 0.25) is 0 Å². The first-order chi connectivity index (χ1) is 9.65. The lowest BCUT2D eigenvalue weighted by Gasteiger charge is -2.10. The lowest BCUT2D eigenvalue weighted by molar-refractivity contribution is 0.102. The van der Waals surface area contributed by atoms with Crippen LogP contribution in [0.3, 0.4) is 0 Å². The molecular weight excluding hydrogens is 260 g/mol. The van der Waals surface area contributed by atoms with Gasteiger partial charge in [-0.25, -0.2) is 9.97 Å². The summed E-state index contributed by atoms with van der Waals surface area (Å²) in [5.41, 5.74) is 6.40. The van der Waals surface area contributed by atoms with Crippen molar-refractivity contribution in [2.45, 2.75) is 0 Å². The largest absolute Gasteiger partial charge is 0.493 e. The van der Waals surface area contributed by atoms with Crippen LogP contribution in [0.25, 0.3) is 0 Å². The number of hydrogen-bond donors (Lipinski definition) is 2. The molecule has 104 valence electrons. The predicted octanol–water partition coefficient (Wildman–Crippen LogP) is 1.33. The predicted molar refractivity (Wildman–Crippen MR) is 73.9 cm³/mol. The van der Waals surface area contributed by atoms with Gasteiger partial charge in [0.25, 0.3) is 5.91 Å². The molecule has 2 aromatic rings. The average molecular weight is 274 g/mol. The summed E-state index contributed by atoms with van der Waals surface area (Å²) in [5.74, 6) is 0.880. The summed E-state index contributed by atoms with van der Waals surface area (Å²) in [6.45, 7) is 0. The van der Waals surface area contributed by atoms with Crippen LogP contribution < -0.4 is 20.5 Å². The van der Waals surface area contributed by atoms with E-state index < -0.39 is 0 Å². The number of nitrogens with two attached hydrogens (primary N) is 1. The van der Waals surface area contributed by atoms with Gasteiger partial charge in [0, 0.05) is 5.56 Å². The fourth-order valence-corrected chi connectivity index (χ4v) is 1.61. The van der Waals surface area contributed by atoms with E-state index in [4.69, 9.17) is 15.2 Å². The minimum absolute atomic E-state index is 0.203. The molecule has 0 aliphatic heterocycles. The molecule has 3 N–H and O–H groups in total. The third-order valence-electron chi connectivity index (χ3n) is 2.64. The van der Waals surface area contributed by atoms with Crippen LogP contribution in [0.1, 0.15) is 10.4 Å². The first-order valence-electron chi connectivity index (χ1n) is 5.74. The zero-order chi connectivity index (χ0) is 14.5. The number of methoxy groups -OCH3 is 2. The van der Waals surface area contributed by atoms with E-state index in [0.717, 1.165) is 0 Å². The van der Waals surface area contributed by atoms with Crippen molar-refractivity contribution in [1.29, 1.82) is 0 Å². The summed E-state index contributed by atoms with van der Waals surface area (Å²) >= 11 is 0. The van der Waals surface area contributed by atoms with Crippen molar-refractivity contribution < 1.29 is 14.3 Å². The molecule has 1 heterocycles. The maximum atomic E-state index is 12.1. The lowest BCUT2D eigenvalue weighted by Crippen LogP contribution is -2.14. The number of nitrogens with zero attached hydrogens (tertiary/aromatic N) is 2. The lowest BCUT2D eigenvalue weighted by atomic mass is 10.2. The summed E-state index contributed by atoms with van der Waals surface area (Å²) in [6.07, 6.45) is 2.74. The van der Waals surface area contributed by atoms with Gasteiger partial charge in [-0.15, -0.1) is 0 Å². The molecule has 2 rings (SSSR count). The van der Waals surface area contributed by atoms with Crippen molar-refractivity contribution in [2.24, 2.45) is 0 Å². The Bertz CT molecular complexity index is 631. The fourth-order valence-electron chi connectivity index (χ4n) is 1.61. The number of nitrogen functional groups attached to an aromatic ring is 1. The van der Waals surface area contributed by atoms with Gasteiger partial charge in [-0.2, -0.15) is 0 Å². The number of benzene rings is 1. The van der Waals surface area contributed by atoms with Crippen LogP contribution >= 0.6 is 0 Å². The van der Waals surface area contributed by atoms with Gasteiger partial charge in [0.2, 0.25) is 0 Å². The number of hydrogen-bond acceptors (Lipinski definition) is 6. The van der Waals surface area contributed by atoms with Crippen LogP contribution in [0.15, 0.2) is 30.7 Å². The molecule has 0 saturated carbocycles. The van der Waals surface area contributed by atoms with Gasteiger partial charge in [0.05, 0.1) is 20.4 Å². The number of ether oxygens (including phenoxy) is 2. The highest BCUT2D eigenvalue weighted by Gasteiger charge is 2.12. The quantitative estimate of drug-likeness (QED) is 0.872. The minimum atomic E-state index is -0.340. The maximum Gasteiger partial charge on any atom is 0.255 e. The van der Waals surface area contributed by atoms with Crippen LogP contribution in [0.4, 0.5) is 11.5 Å². The Hall–Kier alpha value is -2.83. The monoisotopic (exact) mass is 274 g/mol. The molecule has 0 bridgehead atoms. The number of nitrogens with one attached hydrogen (secondary N) is 1. The molecule has 1 aromatic heterocycles. The maximum absolute atomic E-state index is 12.1. The van der Waals surface area contributed by atoms with Crippen LogP contribution in [0, 0.1) is 0 Å². The highest BCUT2D eigenvalue weighted by Crippen LogP contribution is 2.28. The molecule has 1 aromatic carbocycles. The van der Waals surface area contributed by atoms with Crippen molar-refractivity contribution in [1.82, 2.24) is 9.97 Å². The van der Waals surface area contributed by atoms with E-state index in [2.05, 4.69) is 15.3 Å². The van der Waals surface area contributed by atoms with E-state index in [-0.39, 0.29) is 11.7 Å². The number of rotatable bonds is 4. The Morgan fingerprint density at radius 1 is 1.25 bits per heavy atom. The third-order valence-corrected chi connectivity index (χ3v) is 2.64. The summed E-state index contributed by atoms with van der Waals surface area (Å²) in [4.78, 5) is 19.7. The second-order valence-corrected chi connectivity index (χ2v) is 3.85. The highest BCUT2D eigenvalue weighted by molar-refractivity contribution is 6.05. The van der Waals surface area contributed by atoms with Crippen molar-refractivity contribution in [3.05, 3.63) is 36.3 Å². The van der Waals surface area contributed by atoms with E-state index in [1.54, 1.807) is 18.2 Å². The van der Waals surface area contributed by atoms with Crippen LogP contribution in [0.5, 0.6) is 11.5 Å². The molecule has 0 saturated heterocycles. The number of carbonyl (C=O) groups excluding carboxylic acids is 1. The molecule has 0 radical (unpaired) electrons. The minimum Gasteiger partial charge on any atom is -0.493 e. The van der Waals surface area contributed by atoms with Crippen molar-refractivity contribution >= 4 is 17.4 Å². The van der Waals surface area contributed by atoms with Crippen molar-refractivity contribution in [2.75, 3.05) is 25.3 Å². The SMILES string of the molecule is COc1ccc(C(=O)Nc2cncnc2N)cc1OC. The number of aromatic nitrogens is 2. The zero-order valence-electron chi connectivity index (χ0n) is 11.1. The van der Waals surface area contributed by atoms with Gasteiger partial charge in [-0.3, -0.25) is 4.79 Å². The molecule has 0 unspecified atom stereocenters. The first kappa shape index (κ1) is 13.6. The first-order valence-corrected chi connectivity index (χ1v) is 5.74. The van der Waals surface area contributed by atoms with E-state index in [1.165, 1.54) is 26.7 Å². The third kappa shape index (κ3) is 2.77. The van der Waals surface area contributed by atoms with Gasteiger partial charge >= 0.3 is 0 Å².